The number of halogens is 3. The summed E-state index contributed by atoms with van der Waals surface area (Å²) in [5.74, 6) is -1.66. The van der Waals surface area contributed by atoms with E-state index in [1.807, 2.05) is 0 Å². The summed E-state index contributed by atoms with van der Waals surface area (Å²) >= 11 is 1.10. The number of aromatic nitrogens is 2. The maximum Gasteiger partial charge on any atom is 1.00 e. The van der Waals surface area contributed by atoms with Gasteiger partial charge in [-0.1, -0.05) is 17.8 Å². The van der Waals surface area contributed by atoms with E-state index in [0.717, 1.165) is 23.9 Å². The van der Waals surface area contributed by atoms with Crippen molar-refractivity contribution in [3.8, 4) is 6.07 Å². The zero-order chi connectivity index (χ0) is 19.8. The second kappa shape index (κ2) is 11.4. The Morgan fingerprint density at radius 2 is 2.14 bits per heavy atom. The van der Waals surface area contributed by atoms with Crippen LogP contribution < -0.4 is 10.6 Å². The molecule has 1 amide bonds. The number of alkyl halides is 2. The molecule has 0 aliphatic heterocycles. The first-order chi connectivity index (χ1) is 12.9. The molecule has 1 radical (unpaired) electrons. The van der Waals surface area contributed by atoms with E-state index < -0.39 is 29.5 Å². The summed E-state index contributed by atoms with van der Waals surface area (Å²) in [6.45, 7) is 0.237. The molecule has 8 nitrogen and oxygen atoms in total. The number of nitrogens with one attached hydrogen (secondary N) is 2. The van der Waals surface area contributed by atoms with Crippen molar-refractivity contribution in [3.05, 3.63) is 40.7 Å². The van der Waals surface area contributed by atoms with E-state index in [4.69, 9.17) is 5.26 Å². The summed E-state index contributed by atoms with van der Waals surface area (Å²) in [6, 6.07) is 4.59. The van der Waals surface area contributed by atoms with E-state index in [1.165, 1.54) is 6.07 Å². The van der Waals surface area contributed by atoms with Crippen LogP contribution >= 0.6 is 11.8 Å². The minimum atomic E-state index is -3.01. The summed E-state index contributed by atoms with van der Waals surface area (Å²) in [4.78, 5) is 11.2. The molecular weight excluding hydrogens is 575 g/mol. The van der Waals surface area contributed by atoms with Crippen molar-refractivity contribution in [2.24, 2.45) is 0 Å². The average molecular weight is 588 g/mol. The van der Waals surface area contributed by atoms with Gasteiger partial charge in [0, 0.05) is 12.3 Å². The molecule has 0 unspecified atom stereocenters. The Morgan fingerprint density at radius 3 is 2.82 bits per heavy atom. The molecule has 149 valence electrons. The van der Waals surface area contributed by atoms with Crippen LogP contribution in [0.3, 0.4) is 0 Å². The van der Waals surface area contributed by atoms with Crippen LogP contribution in [0, 0.1) is 17.1 Å². The molecule has 28 heavy (non-hydrogen) atoms. The zero-order valence-corrected chi connectivity index (χ0v) is 17.3. The number of nitrogens with zero attached hydrogens (tertiary/aromatic N) is 4. The van der Waals surface area contributed by atoms with Gasteiger partial charge in [-0.05, 0) is 34.0 Å². The fraction of sp³-hybridized carbons (Fsp3) is 0.267. The SMILES string of the molecule is N#CCC(=O)NCCSc1nonc1C(=[N-])Nc1ccc(F)c(C(F)F)c1.[Os+]. The van der Waals surface area contributed by atoms with Crippen LogP contribution in [-0.4, -0.2) is 34.4 Å². The van der Waals surface area contributed by atoms with Gasteiger partial charge in [-0.2, -0.15) is 5.26 Å². The van der Waals surface area contributed by atoms with Gasteiger partial charge in [0.15, 0.2) is 5.03 Å². The minimum absolute atomic E-state index is 0. The minimum Gasteiger partial charge on any atom is -0.463 e. The number of hydrogen-bond donors (Lipinski definition) is 2. The third kappa shape index (κ3) is 6.62. The molecular formula is C15H12F3N6O2OsS. The Morgan fingerprint density at radius 1 is 1.39 bits per heavy atom. The number of amidine groups is 1. The number of anilines is 1. The van der Waals surface area contributed by atoms with E-state index in [-0.39, 0.29) is 49.2 Å². The van der Waals surface area contributed by atoms with Gasteiger partial charge in [-0.15, -0.1) is 0 Å². The summed E-state index contributed by atoms with van der Waals surface area (Å²) < 4.78 is 43.3. The first-order valence-electron chi connectivity index (χ1n) is 7.42. The van der Waals surface area contributed by atoms with Crippen molar-refractivity contribution in [3.63, 3.8) is 0 Å². The molecule has 0 saturated carbocycles. The maximum atomic E-state index is 13.3. The molecule has 2 aromatic rings. The molecule has 0 atom stereocenters. The van der Waals surface area contributed by atoms with Crippen molar-refractivity contribution in [1.29, 1.82) is 5.26 Å². The summed E-state index contributed by atoms with van der Waals surface area (Å²) in [5, 5.41) is 30.7. The summed E-state index contributed by atoms with van der Waals surface area (Å²) in [7, 11) is 0. The fourth-order valence-electron chi connectivity index (χ4n) is 1.88. The summed E-state index contributed by atoms with van der Waals surface area (Å²) in [5.41, 5.74) is -0.869. The molecule has 0 aliphatic rings. The molecule has 2 rings (SSSR count). The third-order valence-electron chi connectivity index (χ3n) is 3.08. The van der Waals surface area contributed by atoms with E-state index in [2.05, 4.69) is 25.6 Å². The maximum absolute atomic E-state index is 13.3. The Labute approximate surface area is 174 Å². The predicted molar refractivity (Wildman–Crippen MR) is 90.7 cm³/mol. The van der Waals surface area contributed by atoms with Gasteiger partial charge < -0.3 is 16.0 Å². The second-order valence-corrected chi connectivity index (χ2v) is 6.05. The normalized spacial score (nSPS) is 10.1. The van der Waals surface area contributed by atoms with Gasteiger partial charge in [0.25, 0.3) is 6.43 Å². The number of rotatable bonds is 8. The third-order valence-corrected chi connectivity index (χ3v) is 4.03. The van der Waals surface area contributed by atoms with Crippen molar-refractivity contribution >= 4 is 29.2 Å². The van der Waals surface area contributed by atoms with E-state index >= 15 is 0 Å². The quantitative estimate of drug-likeness (QED) is 0.211. The Balaban J connectivity index is 0.00000392. The summed E-state index contributed by atoms with van der Waals surface area (Å²) in [6.07, 6.45) is -3.26. The largest absolute Gasteiger partial charge is 1.00 e. The monoisotopic (exact) mass is 589 g/mol. The molecule has 2 N–H and O–H groups in total. The second-order valence-electron chi connectivity index (χ2n) is 4.96. The number of benzene rings is 1. The number of carbonyl (C=O) groups excluding carboxylic acids is 1. The van der Waals surface area contributed by atoms with Crippen molar-refractivity contribution in [1.82, 2.24) is 15.6 Å². The van der Waals surface area contributed by atoms with Crippen molar-refractivity contribution in [2.75, 3.05) is 17.6 Å². The van der Waals surface area contributed by atoms with Gasteiger partial charge >= 0.3 is 19.8 Å². The first-order valence-corrected chi connectivity index (χ1v) is 8.40. The number of thioether (sulfide) groups is 1. The smallest absolute Gasteiger partial charge is 0.463 e. The van der Waals surface area contributed by atoms with Gasteiger partial charge in [0.2, 0.25) is 5.91 Å². The predicted octanol–water partition coefficient (Wildman–Crippen LogP) is 2.69. The van der Waals surface area contributed by atoms with E-state index in [9.17, 15) is 23.4 Å². The van der Waals surface area contributed by atoms with Crippen LogP contribution in [0.25, 0.3) is 5.41 Å². The van der Waals surface area contributed by atoms with Crippen LogP contribution in [-0.2, 0) is 24.6 Å². The van der Waals surface area contributed by atoms with Gasteiger partial charge in [-0.3, -0.25) is 4.79 Å². The molecule has 1 aromatic carbocycles. The first kappa shape index (κ1) is 23.6. The van der Waals surface area contributed by atoms with E-state index in [0.29, 0.717) is 5.75 Å². The fourth-order valence-corrected chi connectivity index (χ4v) is 2.63. The molecule has 0 fully saturated rings. The van der Waals surface area contributed by atoms with Gasteiger partial charge in [0.1, 0.15) is 17.9 Å². The number of amides is 1. The molecule has 13 heteroatoms. The molecule has 0 bridgehead atoms. The Bertz CT molecular complexity index is 874. The average Bonchev–Trinajstić information content (AvgIpc) is 3.09. The van der Waals surface area contributed by atoms with Crippen molar-refractivity contribution < 1.29 is 42.4 Å². The van der Waals surface area contributed by atoms with E-state index in [1.54, 1.807) is 6.07 Å². The standard InChI is InChI=1S/C15H12F3N6O2S.Os/c16-10-2-1-8(7-9(10)13(17)18)22-14(20)12-15(24-26-23-12)27-6-5-21-11(25)3-4-19;/h1-2,7,13H,3,5-6H2,(H2-,20,21,22,25);/q-1;+1. The molecule has 1 aromatic heterocycles. The van der Waals surface area contributed by atoms with Crippen LogP contribution in [0.15, 0.2) is 27.9 Å². The van der Waals surface area contributed by atoms with Crippen LogP contribution in [0.2, 0.25) is 0 Å². The van der Waals surface area contributed by atoms with Gasteiger partial charge in [0.05, 0.1) is 11.6 Å². The zero-order valence-electron chi connectivity index (χ0n) is 13.9. The van der Waals surface area contributed by atoms with Crippen molar-refractivity contribution in [2.45, 2.75) is 17.9 Å². The molecule has 0 saturated heterocycles. The van der Waals surface area contributed by atoms with Gasteiger partial charge in [-0.25, -0.2) is 17.8 Å². The number of nitriles is 1. The molecule has 0 aliphatic carbocycles. The number of carbonyl (C=O) groups is 1. The van der Waals surface area contributed by atoms with Crippen LogP contribution in [0.1, 0.15) is 24.1 Å². The molecule has 1 heterocycles. The topological polar surface area (TPSA) is 126 Å². The van der Waals surface area contributed by atoms with Crippen LogP contribution in [0.5, 0.6) is 0 Å². The van der Waals surface area contributed by atoms with Crippen LogP contribution in [0.4, 0.5) is 18.9 Å². The Hall–Kier alpha value is -2.43. The number of hydrogen-bond acceptors (Lipinski definition) is 6. The Kier molecular flexibility index (Phi) is 9.63. The molecule has 0 spiro atoms.